The molecule has 0 radical (unpaired) electrons. The summed E-state index contributed by atoms with van der Waals surface area (Å²) in [5, 5.41) is 4.62. The van der Waals surface area contributed by atoms with Crippen LogP contribution in [0, 0.1) is 34.6 Å². The first-order valence-corrected chi connectivity index (χ1v) is 11.2. The minimum absolute atomic E-state index is 0.208. The summed E-state index contributed by atoms with van der Waals surface area (Å²) in [5.74, 6) is 0.208. The third-order valence-corrected chi connectivity index (χ3v) is 6.40. The van der Waals surface area contributed by atoms with E-state index in [4.69, 9.17) is 4.18 Å². The molecule has 0 saturated carbocycles. The molecule has 0 atom stereocenters. The van der Waals surface area contributed by atoms with Crippen molar-refractivity contribution in [3.05, 3.63) is 69.9 Å². The van der Waals surface area contributed by atoms with Crippen LogP contribution in [-0.4, -0.2) is 18.2 Å². The summed E-state index contributed by atoms with van der Waals surface area (Å²) in [5.41, 5.74) is 6.11. The van der Waals surface area contributed by atoms with Crippen molar-refractivity contribution < 1.29 is 12.6 Å². The lowest BCUT2D eigenvalue weighted by molar-refractivity contribution is 0.463. The van der Waals surface area contributed by atoms with E-state index in [0.717, 1.165) is 40.9 Å². The van der Waals surface area contributed by atoms with Crippen LogP contribution in [0.2, 0.25) is 0 Å². The molecule has 0 aliphatic rings. The van der Waals surface area contributed by atoms with E-state index in [9.17, 15) is 8.42 Å². The van der Waals surface area contributed by atoms with Crippen LogP contribution in [0.5, 0.6) is 5.88 Å². The monoisotopic (exact) mass is 412 g/mol. The van der Waals surface area contributed by atoms with Gasteiger partial charge in [0.2, 0.25) is 5.88 Å². The van der Waals surface area contributed by atoms with Crippen LogP contribution in [0.4, 0.5) is 0 Å². The molecular weight excluding hydrogens is 384 g/mol. The second kappa shape index (κ2) is 8.03. The molecule has 0 spiro atoms. The Hall–Kier alpha value is -2.60. The molecule has 0 saturated heterocycles. The van der Waals surface area contributed by atoms with E-state index >= 15 is 0 Å². The minimum atomic E-state index is -4.01. The minimum Gasteiger partial charge on any atom is -0.358 e. The number of benzene rings is 2. The molecule has 3 aromatic rings. The molecule has 1 aromatic heterocycles. The van der Waals surface area contributed by atoms with Gasteiger partial charge in [0.15, 0.2) is 0 Å². The van der Waals surface area contributed by atoms with Crippen molar-refractivity contribution in [2.45, 2.75) is 59.3 Å². The van der Waals surface area contributed by atoms with Gasteiger partial charge in [0.05, 0.1) is 11.4 Å². The fraction of sp³-hybridized carbons (Fsp3) is 0.348. The maximum Gasteiger partial charge on any atom is 0.341 e. The van der Waals surface area contributed by atoms with Crippen molar-refractivity contribution in [2.24, 2.45) is 0 Å². The molecule has 29 heavy (non-hydrogen) atoms. The third kappa shape index (κ3) is 4.37. The Morgan fingerprint density at radius 1 is 0.897 bits per heavy atom. The number of aromatic nitrogens is 2. The Morgan fingerprint density at radius 3 is 2.10 bits per heavy atom. The van der Waals surface area contributed by atoms with Gasteiger partial charge in [-0.05, 0) is 63.8 Å². The average molecular weight is 413 g/mol. The van der Waals surface area contributed by atoms with Gasteiger partial charge >= 0.3 is 10.1 Å². The lowest BCUT2D eigenvalue weighted by Crippen LogP contribution is -2.15. The summed E-state index contributed by atoms with van der Waals surface area (Å²) in [6.07, 6.45) is 1.66. The van der Waals surface area contributed by atoms with Gasteiger partial charge in [-0.3, -0.25) is 0 Å². The fourth-order valence-corrected chi connectivity index (χ4v) is 5.11. The van der Waals surface area contributed by atoms with Crippen LogP contribution >= 0.6 is 0 Å². The number of hydrogen-bond donors (Lipinski definition) is 0. The summed E-state index contributed by atoms with van der Waals surface area (Å²) in [6.45, 7) is 11.6. The maximum atomic E-state index is 13.2. The molecule has 5 nitrogen and oxygen atoms in total. The zero-order valence-corrected chi connectivity index (χ0v) is 18.7. The molecule has 1 heterocycles. The van der Waals surface area contributed by atoms with Gasteiger partial charge in [0.1, 0.15) is 4.90 Å². The van der Waals surface area contributed by atoms with E-state index in [1.54, 1.807) is 24.6 Å². The standard InChI is InChI=1S/C23H28N2O3S/c1-7-8-20-14-22(25(24-20)21-10-9-15(2)11-17(21)4)28-29(26,27)23-18(5)12-16(3)13-19(23)6/h9-14H,7-8H2,1-6H3. The van der Waals surface area contributed by atoms with Crippen molar-refractivity contribution in [3.63, 3.8) is 0 Å². The van der Waals surface area contributed by atoms with Crippen LogP contribution in [0.1, 0.15) is 46.9 Å². The molecule has 0 unspecified atom stereocenters. The van der Waals surface area contributed by atoms with E-state index in [1.807, 2.05) is 51.1 Å². The largest absolute Gasteiger partial charge is 0.358 e. The molecule has 6 heteroatoms. The highest BCUT2D eigenvalue weighted by Gasteiger charge is 2.25. The lowest BCUT2D eigenvalue weighted by Gasteiger charge is -2.14. The van der Waals surface area contributed by atoms with Gasteiger partial charge in [0.25, 0.3) is 0 Å². The zero-order valence-electron chi connectivity index (χ0n) is 17.9. The first-order chi connectivity index (χ1) is 13.6. The molecule has 3 rings (SSSR count). The summed E-state index contributed by atoms with van der Waals surface area (Å²) < 4.78 is 33.6. The molecule has 2 aromatic carbocycles. The van der Waals surface area contributed by atoms with Crippen molar-refractivity contribution in [2.75, 3.05) is 0 Å². The van der Waals surface area contributed by atoms with Crippen molar-refractivity contribution in [1.29, 1.82) is 0 Å². The second-order valence-electron chi connectivity index (χ2n) is 7.69. The van der Waals surface area contributed by atoms with Gasteiger partial charge in [0, 0.05) is 6.07 Å². The molecule has 0 aliphatic heterocycles. The van der Waals surface area contributed by atoms with Crippen LogP contribution < -0.4 is 4.18 Å². The SMILES string of the molecule is CCCc1cc(OS(=O)(=O)c2c(C)cc(C)cc2C)n(-c2ccc(C)cc2C)n1. The van der Waals surface area contributed by atoms with Gasteiger partial charge in [-0.15, -0.1) is 0 Å². The van der Waals surface area contributed by atoms with Gasteiger partial charge in [-0.25, -0.2) is 0 Å². The molecule has 0 aliphatic carbocycles. The molecular formula is C23H28N2O3S. The van der Waals surface area contributed by atoms with Crippen LogP contribution in [0.15, 0.2) is 41.3 Å². The van der Waals surface area contributed by atoms with E-state index in [-0.39, 0.29) is 10.8 Å². The predicted molar refractivity (Wildman–Crippen MR) is 115 cm³/mol. The smallest absolute Gasteiger partial charge is 0.341 e. The van der Waals surface area contributed by atoms with Crippen molar-refractivity contribution >= 4 is 10.1 Å². The van der Waals surface area contributed by atoms with Crippen molar-refractivity contribution in [1.82, 2.24) is 9.78 Å². The second-order valence-corrected chi connectivity index (χ2v) is 9.17. The number of nitrogens with zero attached hydrogens (tertiary/aromatic N) is 2. The highest BCUT2D eigenvalue weighted by Crippen LogP contribution is 2.29. The Morgan fingerprint density at radius 2 is 1.52 bits per heavy atom. The zero-order chi connectivity index (χ0) is 21.3. The van der Waals surface area contributed by atoms with Gasteiger partial charge < -0.3 is 4.18 Å². The Bertz CT molecular complexity index is 1140. The topological polar surface area (TPSA) is 61.2 Å². The first-order valence-electron chi connectivity index (χ1n) is 9.81. The molecule has 0 fully saturated rings. The molecule has 0 amide bonds. The van der Waals surface area contributed by atoms with E-state index in [0.29, 0.717) is 11.1 Å². The quantitative estimate of drug-likeness (QED) is 0.526. The number of hydrogen-bond acceptors (Lipinski definition) is 4. The summed E-state index contributed by atoms with van der Waals surface area (Å²) in [7, 11) is -4.01. The van der Waals surface area contributed by atoms with Gasteiger partial charge in [-0.1, -0.05) is 48.7 Å². The van der Waals surface area contributed by atoms with Crippen LogP contribution in [-0.2, 0) is 16.5 Å². The van der Waals surface area contributed by atoms with E-state index in [2.05, 4.69) is 12.0 Å². The molecule has 0 bridgehead atoms. The maximum absolute atomic E-state index is 13.2. The Labute approximate surface area is 173 Å². The number of aryl methyl sites for hydroxylation is 6. The summed E-state index contributed by atoms with van der Waals surface area (Å²) >= 11 is 0. The molecule has 154 valence electrons. The number of rotatable bonds is 6. The summed E-state index contributed by atoms with van der Waals surface area (Å²) in [4.78, 5) is 0.216. The fourth-order valence-electron chi connectivity index (χ4n) is 3.78. The van der Waals surface area contributed by atoms with Crippen molar-refractivity contribution in [3.8, 4) is 11.6 Å². The van der Waals surface area contributed by atoms with Gasteiger partial charge in [-0.2, -0.15) is 18.2 Å². The Balaban J connectivity index is 2.11. The first kappa shape index (κ1) is 21.1. The Kier molecular flexibility index (Phi) is 5.85. The third-order valence-electron chi connectivity index (χ3n) is 4.86. The highest BCUT2D eigenvalue weighted by molar-refractivity contribution is 7.87. The van der Waals surface area contributed by atoms with E-state index < -0.39 is 10.1 Å². The molecule has 0 N–H and O–H groups in total. The average Bonchev–Trinajstić information content (AvgIpc) is 2.95. The lowest BCUT2D eigenvalue weighted by atomic mass is 10.1. The van der Waals surface area contributed by atoms with E-state index in [1.165, 1.54) is 0 Å². The summed E-state index contributed by atoms with van der Waals surface area (Å²) in [6, 6.07) is 11.4. The van der Waals surface area contributed by atoms with Crippen LogP contribution in [0.25, 0.3) is 5.69 Å². The highest BCUT2D eigenvalue weighted by atomic mass is 32.2. The van der Waals surface area contributed by atoms with Crippen LogP contribution in [0.3, 0.4) is 0 Å². The normalized spacial score (nSPS) is 11.7. The predicted octanol–water partition coefficient (Wildman–Crippen LogP) is 5.13.